The zero-order valence-corrected chi connectivity index (χ0v) is 18.8. The van der Waals surface area contributed by atoms with E-state index in [-0.39, 0.29) is 48.2 Å². The number of carbonyl (C=O) groups is 1. The number of hydrogen-bond acceptors (Lipinski definition) is 8. The first-order valence-corrected chi connectivity index (χ1v) is 10.9. The number of aliphatic hydroxyl groups is 1. The zero-order valence-electron chi connectivity index (χ0n) is 18.8. The summed E-state index contributed by atoms with van der Waals surface area (Å²) in [5.41, 5.74) is 7.55. The molecule has 4 N–H and O–H groups in total. The molecule has 0 saturated carbocycles. The summed E-state index contributed by atoms with van der Waals surface area (Å²) in [6.07, 6.45) is -0.0741. The number of phenols is 1. The Morgan fingerprint density at radius 2 is 2.09 bits per heavy atom. The van der Waals surface area contributed by atoms with Crippen molar-refractivity contribution in [2.45, 2.75) is 51.7 Å². The number of benzene rings is 1. The summed E-state index contributed by atoms with van der Waals surface area (Å²) in [5, 5.41) is 22.5. The predicted molar refractivity (Wildman–Crippen MR) is 121 cm³/mol. The van der Waals surface area contributed by atoms with Crippen LogP contribution in [-0.2, 0) is 34.8 Å². The highest BCUT2D eigenvalue weighted by molar-refractivity contribution is 5.90. The Balaban J connectivity index is 1.66. The molecule has 0 amide bonds. The van der Waals surface area contributed by atoms with Gasteiger partial charge >= 0.3 is 5.97 Å². The third-order valence-electron chi connectivity index (χ3n) is 6.86. The highest BCUT2D eigenvalue weighted by Crippen LogP contribution is 2.40. The normalized spacial score (nSPS) is 19.9. The molecule has 1 unspecified atom stereocenters. The van der Waals surface area contributed by atoms with Gasteiger partial charge in [0, 0.05) is 28.6 Å². The van der Waals surface area contributed by atoms with Crippen LogP contribution in [0.5, 0.6) is 5.75 Å². The number of nitrogens with zero attached hydrogens (tertiary/aromatic N) is 3. The molecule has 5 rings (SSSR count). The first-order valence-electron chi connectivity index (χ1n) is 10.9. The monoisotopic (exact) mass is 450 g/mol. The fourth-order valence-corrected chi connectivity index (χ4v) is 4.62. The van der Waals surface area contributed by atoms with Gasteiger partial charge in [-0.3, -0.25) is 9.69 Å². The van der Waals surface area contributed by atoms with E-state index >= 15 is 0 Å². The molecule has 2 aliphatic heterocycles. The Kier molecular flexibility index (Phi) is 4.82. The lowest BCUT2D eigenvalue weighted by atomic mass is 9.86. The number of hydrogen-bond donors (Lipinski definition) is 3. The summed E-state index contributed by atoms with van der Waals surface area (Å²) < 4.78 is 6.68. The Morgan fingerprint density at radius 3 is 2.79 bits per heavy atom. The molecule has 2 aliphatic rings. The average Bonchev–Trinajstić information content (AvgIpc) is 3.15. The van der Waals surface area contributed by atoms with Crippen molar-refractivity contribution in [3.05, 3.63) is 56.9 Å². The van der Waals surface area contributed by atoms with Crippen LogP contribution in [0.2, 0.25) is 0 Å². The minimum absolute atomic E-state index is 0.0895. The number of carbonyl (C=O) groups excluding carboxylic acids is 1. The van der Waals surface area contributed by atoms with Crippen molar-refractivity contribution >= 4 is 16.9 Å². The third kappa shape index (κ3) is 3.07. The van der Waals surface area contributed by atoms with Crippen LogP contribution < -0.4 is 11.3 Å². The van der Waals surface area contributed by atoms with Gasteiger partial charge in [0.2, 0.25) is 0 Å². The van der Waals surface area contributed by atoms with Gasteiger partial charge in [-0.15, -0.1) is 0 Å². The molecule has 0 spiro atoms. The van der Waals surface area contributed by atoms with Crippen molar-refractivity contribution in [1.82, 2.24) is 14.5 Å². The largest absolute Gasteiger partial charge is 0.507 e. The van der Waals surface area contributed by atoms with E-state index in [2.05, 4.69) is 0 Å². The lowest BCUT2D eigenvalue weighted by molar-refractivity contribution is -0.172. The van der Waals surface area contributed by atoms with Gasteiger partial charge in [0.05, 0.1) is 35.2 Å². The van der Waals surface area contributed by atoms with Gasteiger partial charge in [-0.1, -0.05) is 13.0 Å². The molecule has 0 saturated heterocycles. The van der Waals surface area contributed by atoms with Crippen molar-refractivity contribution in [2.24, 2.45) is 5.73 Å². The highest BCUT2D eigenvalue weighted by atomic mass is 16.6. The second-order valence-electron chi connectivity index (χ2n) is 8.89. The highest BCUT2D eigenvalue weighted by Gasteiger charge is 2.45. The lowest BCUT2D eigenvalue weighted by Gasteiger charge is -2.31. The SMILES string of the molecule is CC[C@@]1(O)C(=O)OCc2c1cc1n(c2=O)Cc2cc3c(O)c(CN(C)C(C)N)ccc3nc2-1. The molecule has 9 heteroatoms. The number of ether oxygens (including phenoxy) is 1. The molecule has 1 aromatic carbocycles. The number of nitrogens with two attached hydrogens (primary N) is 1. The van der Waals surface area contributed by atoms with E-state index in [0.29, 0.717) is 28.8 Å². The summed E-state index contributed by atoms with van der Waals surface area (Å²) in [4.78, 5) is 32.2. The Hall–Kier alpha value is -3.27. The van der Waals surface area contributed by atoms with Crippen molar-refractivity contribution in [2.75, 3.05) is 7.05 Å². The number of rotatable bonds is 4. The van der Waals surface area contributed by atoms with Gasteiger partial charge in [-0.25, -0.2) is 9.78 Å². The predicted octanol–water partition coefficient (Wildman–Crippen LogP) is 1.52. The molecular formula is C24H26N4O5. The first-order chi connectivity index (χ1) is 15.7. The number of fused-ring (bicyclic) bond motifs is 5. The fraction of sp³-hybridized carbons (Fsp3) is 0.375. The van der Waals surface area contributed by atoms with Crippen LogP contribution in [0.1, 0.15) is 42.5 Å². The van der Waals surface area contributed by atoms with Crippen LogP contribution in [0, 0.1) is 0 Å². The Bertz CT molecular complexity index is 1380. The van der Waals surface area contributed by atoms with Crippen LogP contribution in [-0.4, -0.2) is 43.8 Å². The summed E-state index contributed by atoms with van der Waals surface area (Å²) in [6.45, 7) is 4.14. The lowest BCUT2D eigenvalue weighted by Crippen LogP contribution is -2.44. The van der Waals surface area contributed by atoms with Gasteiger partial charge in [0.25, 0.3) is 5.56 Å². The molecule has 0 fully saturated rings. The molecule has 172 valence electrons. The second-order valence-corrected chi connectivity index (χ2v) is 8.89. The quantitative estimate of drug-likeness (QED) is 0.315. The molecule has 2 aromatic heterocycles. The first kappa shape index (κ1) is 21.6. The minimum atomic E-state index is -1.86. The van der Waals surface area contributed by atoms with Crippen LogP contribution in [0.4, 0.5) is 0 Å². The van der Waals surface area contributed by atoms with Crippen LogP contribution in [0.25, 0.3) is 22.3 Å². The van der Waals surface area contributed by atoms with Crippen molar-refractivity contribution in [1.29, 1.82) is 0 Å². The summed E-state index contributed by atoms with van der Waals surface area (Å²) in [6, 6.07) is 7.17. The molecule has 0 aliphatic carbocycles. The molecule has 0 radical (unpaired) electrons. The Morgan fingerprint density at radius 1 is 1.33 bits per heavy atom. The number of aromatic nitrogens is 2. The van der Waals surface area contributed by atoms with E-state index in [9.17, 15) is 19.8 Å². The smallest absolute Gasteiger partial charge is 0.343 e. The van der Waals surface area contributed by atoms with Crippen LogP contribution >= 0.6 is 0 Å². The van der Waals surface area contributed by atoms with Gasteiger partial charge in [-0.05, 0) is 38.6 Å². The molecular weight excluding hydrogens is 424 g/mol. The maximum Gasteiger partial charge on any atom is 0.343 e. The van der Waals surface area contributed by atoms with Gasteiger partial charge in [0.1, 0.15) is 12.4 Å². The maximum absolute atomic E-state index is 13.2. The topological polar surface area (TPSA) is 131 Å². The summed E-state index contributed by atoms with van der Waals surface area (Å²) in [5.74, 6) is -0.613. The summed E-state index contributed by atoms with van der Waals surface area (Å²) >= 11 is 0. The van der Waals surface area contributed by atoms with Crippen molar-refractivity contribution in [3.8, 4) is 17.1 Å². The number of cyclic esters (lactones) is 1. The van der Waals surface area contributed by atoms with Gasteiger partial charge in [0.15, 0.2) is 5.60 Å². The fourth-order valence-electron chi connectivity index (χ4n) is 4.62. The van der Waals surface area contributed by atoms with E-state index in [0.717, 1.165) is 11.1 Å². The molecule has 0 bridgehead atoms. The average molecular weight is 450 g/mol. The van der Waals surface area contributed by atoms with E-state index in [1.165, 1.54) is 0 Å². The molecule has 2 atom stereocenters. The van der Waals surface area contributed by atoms with E-state index < -0.39 is 11.6 Å². The number of phenolic OH excluding ortho intramolecular Hbond substituents is 1. The van der Waals surface area contributed by atoms with E-state index in [1.54, 1.807) is 17.6 Å². The maximum atomic E-state index is 13.2. The van der Waals surface area contributed by atoms with Gasteiger partial charge < -0.3 is 25.3 Å². The van der Waals surface area contributed by atoms with Crippen molar-refractivity contribution in [3.63, 3.8) is 0 Å². The molecule has 4 heterocycles. The number of esters is 1. The van der Waals surface area contributed by atoms with Gasteiger partial charge in [-0.2, -0.15) is 0 Å². The molecule has 3 aromatic rings. The van der Waals surface area contributed by atoms with E-state index in [1.807, 2.05) is 37.1 Å². The third-order valence-corrected chi connectivity index (χ3v) is 6.86. The number of pyridine rings is 2. The standard InChI is InChI=1S/C24H26N4O5/c1-4-24(32)17-8-19-20-14(10-28(19)22(30)16(17)11-33-23(24)31)7-15-18(26-20)6-5-13(21(15)29)9-27(3)12(2)25/h5-8,12,29,32H,4,9-11,25H2,1-3H3/t12?,24-/m0/s1. The molecule has 9 nitrogen and oxygen atoms in total. The summed E-state index contributed by atoms with van der Waals surface area (Å²) in [7, 11) is 1.88. The minimum Gasteiger partial charge on any atom is -0.507 e. The molecule has 33 heavy (non-hydrogen) atoms. The van der Waals surface area contributed by atoms with Crippen LogP contribution in [0.3, 0.4) is 0 Å². The number of aromatic hydroxyl groups is 1. The van der Waals surface area contributed by atoms with Crippen LogP contribution in [0.15, 0.2) is 29.1 Å². The zero-order chi connectivity index (χ0) is 23.7. The second kappa shape index (κ2) is 7.38. The Labute approximate surface area is 190 Å². The van der Waals surface area contributed by atoms with Crippen molar-refractivity contribution < 1.29 is 19.7 Å². The van der Waals surface area contributed by atoms with E-state index in [4.69, 9.17) is 15.5 Å².